The summed E-state index contributed by atoms with van der Waals surface area (Å²) in [6.07, 6.45) is -4.40. The van der Waals surface area contributed by atoms with Crippen LogP contribution in [0.3, 0.4) is 0 Å². The van der Waals surface area contributed by atoms with Gasteiger partial charge in [-0.1, -0.05) is 6.92 Å². The van der Waals surface area contributed by atoms with Crippen LogP contribution in [0.2, 0.25) is 0 Å². The van der Waals surface area contributed by atoms with E-state index in [9.17, 15) is 18.0 Å². The number of halogens is 3. The Hall–Kier alpha value is -0.740. The normalized spacial score (nSPS) is 11.2. The monoisotopic (exact) mass is 154 g/mol. The zero-order chi connectivity index (χ0) is 8.20. The average molecular weight is 154 g/mol. The summed E-state index contributed by atoms with van der Waals surface area (Å²) in [5, 5.41) is 1.58. The maximum Gasteiger partial charge on any atom is 0.471 e. The third-order valence-electron chi connectivity index (χ3n) is 0.695. The van der Waals surface area contributed by atoms with Crippen LogP contribution in [-0.4, -0.2) is 12.1 Å². The first-order chi connectivity index (χ1) is 4.48. The Kier molecular flexibility index (Phi) is 3.18. The lowest BCUT2D eigenvalue weighted by Crippen LogP contribution is -2.34. The van der Waals surface area contributed by atoms with E-state index in [1.165, 1.54) is 0 Å². The highest BCUT2D eigenvalue weighted by atomic mass is 19.4. The molecule has 5 heteroatoms. The molecule has 10 heavy (non-hydrogen) atoms. The van der Waals surface area contributed by atoms with E-state index in [-0.39, 0.29) is 0 Å². The van der Waals surface area contributed by atoms with Crippen molar-refractivity contribution < 1.29 is 18.0 Å². The molecule has 0 rings (SSSR count). The Morgan fingerprint density at radius 1 is 1.60 bits per heavy atom. The molecule has 59 valence electrons. The van der Waals surface area contributed by atoms with Crippen LogP contribution >= 0.6 is 0 Å². The summed E-state index contributed by atoms with van der Waals surface area (Å²) >= 11 is 0. The second kappa shape index (κ2) is 3.43. The fraction of sp³-hybridized carbons (Fsp3) is 0.600. The summed E-state index contributed by atoms with van der Waals surface area (Å²) < 4.78 is 34.0. The van der Waals surface area contributed by atoms with Gasteiger partial charge in [0, 0.05) is 6.54 Å². The summed E-state index contributed by atoms with van der Waals surface area (Å²) in [4.78, 5) is 9.96. The molecule has 0 fully saturated rings. The Morgan fingerprint density at radius 2 is 2.10 bits per heavy atom. The summed E-state index contributed by atoms with van der Waals surface area (Å²) in [5.41, 5.74) is 0. The van der Waals surface area contributed by atoms with Crippen molar-refractivity contribution in [3.63, 3.8) is 0 Å². The molecule has 0 spiro atoms. The topological polar surface area (TPSA) is 29.1 Å². The predicted octanol–water partition coefficient (Wildman–Crippen LogP) is 1.24. The average Bonchev–Trinajstić information content (AvgIpc) is 1.80. The highest BCUT2D eigenvalue weighted by Gasteiger charge is 2.37. The van der Waals surface area contributed by atoms with E-state index in [0.717, 1.165) is 6.54 Å². The molecule has 0 aliphatic heterocycles. The number of hydrogen-bond acceptors (Lipinski definition) is 1. The molecule has 1 amide bonds. The first-order valence-corrected chi connectivity index (χ1v) is 2.68. The van der Waals surface area contributed by atoms with E-state index in [1.807, 2.05) is 0 Å². The van der Waals surface area contributed by atoms with Gasteiger partial charge in [0.2, 0.25) is 0 Å². The number of carbonyl (C=O) groups is 1. The van der Waals surface area contributed by atoms with E-state index in [1.54, 1.807) is 12.2 Å². The molecule has 1 N–H and O–H groups in total. The molecular formula is C5H7F3NO. The summed E-state index contributed by atoms with van der Waals surface area (Å²) in [6.45, 7) is 2.67. The van der Waals surface area contributed by atoms with Crippen molar-refractivity contribution >= 4 is 5.91 Å². The van der Waals surface area contributed by atoms with Crippen LogP contribution in [0.5, 0.6) is 0 Å². The van der Waals surface area contributed by atoms with Crippen molar-refractivity contribution in [1.29, 1.82) is 0 Å². The van der Waals surface area contributed by atoms with Crippen LogP contribution in [0.25, 0.3) is 0 Å². The first-order valence-electron chi connectivity index (χ1n) is 2.68. The Bertz CT molecular complexity index is 121. The molecule has 0 aliphatic rings. The third-order valence-corrected chi connectivity index (χ3v) is 0.695. The first kappa shape index (κ1) is 9.26. The maximum atomic E-state index is 11.3. The van der Waals surface area contributed by atoms with Gasteiger partial charge in [-0.2, -0.15) is 13.2 Å². The van der Waals surface area contributed by atoms with Crippen LogP contribution in [0, 0.1) is 6.54 Å². The minimum atomic E-state index is -4.77. The fourth-order valence-corrected chi connectivity index (χ4v) is 0.277. The molecule has 0 heterocycles. The van der Waals surface area contributed by atoms with Gasteiger partial charge in [0.15, 0.2) is 0 Å². The minimum absolute atomic E-state index is 0.377. The number of amides is 1. The van der Waals surface area contributed by atoms with Crippen LogP contribution in [0.4, 0.5) is 13.2 Å². The van der Waals surface area contributed by atoms with Gasteiger partial charge >= 0.3 is 12.1 Å². The molecule has 0 bridgehead atoms. The van der Waals surface area contributed by atoms with Crippen molar-refractivity contribution in [3.05, 3.63) is 6.54 Å². The predicted molar refractivity (Wildman–Crippen MR) is 28.8 cm³/mol. The molecular weight excluding hydrogens is 147 g/mol. The van der Waals surface area contributed by atoms with Crippen molar-refractivity contribution in [1.82, 2.24) is 5.32 Å². The molecule has 0 atom stereocenters. The number of alkyl halides is 3. The molecule has 0 unspecified atom stereocenters. The van der Waals surface area contributed by atoms with Crippen molar-refractivity contribution in [2.45, 2.75) is 19.5 Å². The van der Waals surface area contributed by atoms with Crippen molar-refractivity contribution in [2.24, 2.45) is 0 Å². The van der Waals surface area contributed by atoms with Gasteiger partial charge in [-0.05, 0) is 6.42 Å². The van der Waals surface area contributed by atoms with Gasteiger partial charge in [0.1, 0.15) is 0 Å². The lowest BCUT2D eigenvalue weighted by molar-refractivity contribution is -0.172. The van der Waals surface area contributed by atoms with Crippen molar-refractivity contribution in [2.75, 3.05) is 0 Å². The van der Waals surface area contributed by atoms with Gasteiger partial charge in [0.25, 0.3) is 0 Å². The standard InChI is InChI=1S/C5H7F3NO/c1-2-3-9-4(10)5(6,7)8/h3H,2H2,1H3,(H,9,10). The quantitative estimate of drug-likeness (QED) is 0.636. The van der Waals surface area contributed by atoms with Gasteiger partial charge in [-0.15, -0.1) is 0 Å². The molecule has 2 nitrogen and oxygen atoms in total. The van der Waals surface area contributed by atoms with Gasteiger partial charge in [-0.25, -0.2) is 0 Å². The fourth-order valence-electron chi connectivity index (χ4n) is 0.277. The van der Waals surface area contributed by atoms with Crippen LogP contribution in [-0.2, 0) is 4.79 Å². The molecule has 0 aromatic heterocycles. The highest BCUT2D eigenvalue weighted by molar-refractivity contribution is 5.82. The number of hydrogen-bond donors (Lipinski definition) is 1. The van der Waals surface area contributed by atoms with Crippen LogP contribution < -0.4 is 5.32 Å². The van der Waals surface area contributed by atoms with Crippen LogP contribution in [0.15, 0.2) is 0 Å². The molecule has 0 aliphatic carbocycles. The molecule has 0 saturated heterocycles. The van der Waals surface area contributed by atoms with Gasteiger partial charge in [-0.3, -0.25) is 4.79 Å². The third kappa shape index (κ3) is 3.32. The van der Waals surface area contributed by atoms with E-state index in [2.05, 4.69) is 0 Å². The summed E-state index contributed by atoms with van der Waals surface area (Å²) in [5.74, 6) is -1.92. The summed E-state index contributed by atoms with van der Waals surface area (Å²) in [7, 11) is 0. The summed E-state index contributed by atoms with van der Waals surface area (Å²) in [6, 6.07) is 0. The molecule has 0 aromatic rings. The Labute approximate surface area is 56.4 Å². The lowest BCUT2D eigenvalue weighted by Gasteiger charge is -2.04. The number of nitrogens with one attached hydrogen (secondary N) is 1. The number of rotatable bonds is 2. The molecule has 0 aromatic carbocycles. The Morgan fingerprint density at radius 3 is 2.40 bits per heavy atom. The second-order valence-electron chi connectivity index (χ2n) is 1.58. The minimum Gasteiger partial charge on any atom is -0.343 e. The SMILES string of the molecule is CC[CH]NC(=O)C(F)(F)F. The maximum absolute atomic E-state index is 11.3. The van der Waals surface area contributed by atoms with E-state index >= 15 is 0 Å². The van der Waals surface area contributed by atoms with E-state index in [0.29, 0.717) is 6.42 Å². The largest absolute Gasteiger partial charge is 0.471 e. The zero-order valence-electron chi connectivity index (χ0n) is 5.33. The number of carbonyl (C=O) groups excluding carboxylic acids is 1. The van der Waals surface area contributed by atoms with Gasteiger partial charge < -0.3 is 5.32 Å². The molecule has 1 radical (unpaired) electrons. The zero-order valence-corrected chi connectivity index (χ0v) is 5.33. The van der Waals surface area contributed by atoms with E-state index < -0.39 is 12.1 Å². The smallest absolute Gasteiger partial charge is 0.343 e. The highest BCUT2D eigenvalue weighted by Crippen LogP contribution is 2.13. The Balaban J connectivity index is 3.64. The van der Waals surface area contributed by atoms with Crippen molar-refractivity contribution in [3.8, 4) is 0 Å². The van der Waals surface area contributed by atoms with E-state index in [4.69, 9.17) is 0 Å². The van der Waals surface area contributed by atoms with Crippen LogP contribution in [0.1, 0.15) is 13.3 Å². The molecule has 0 saturated carbocycles. The van der Waals surface area contributed by atoms with Gasteiger partial charge in [0.05, 0.1) is 0 Å². The second-order valence-corrected chi connectivity index (χ2v) is 1.58. The lowest BCUT2D eigenvalue weighted by atomic mass is 10.4.